The topological polar surface area (TPSA) is 62.8 Å². The summed E-state index contributed by atoms with van der Waals surface area (Å²) in [6.45, 7) is -0.451. The third kappa shape index (κ3) is 7.57. The van der Waals surface area contributed by atoms with Crippen molar-refractivity contribution in [2.75, 3.05) is 31.6 Å². The summed E-state index contributed by atoms with van der Waals surface area (Å²) in [6.07, 6.45) is 1.32. The van der Waals surface area contributed by atoms with Crippen LogP contribution in [-0.4, -0.2) is 62.1 Å². The number of likely N-dealkylation sites (tertiary alicyclic amines) is 1. The molecule has 0 aromatic heterocycles. The first kappa shape index (κ1) is 26.2. The average Bonchev–Trinajstić information content (AvgIpc) is 2.85. The van der Waals surface area contributed by atoms with E-state index in [0.717, 1.165) is 37.9 Å². The van der Waals surface area contributed by atoms with Crippen molar-refractivity contribution in [1.82, 2.24) is 10.2 Å². The molecule has 36 heavy (non-hydrogen) atoms. The Kier molecular flexibility index (Phi) is 9.03. The van der Waals surface area contributed by atoms with Crippen LogP contribution in [0.15, 0.2) is 48.5 Å². The lowest BCUT2D eigenvalue weighted by Gasteiger charge is -2.39. The molecule has 2 fully saturated rings. The van der Waals surface area contributed by atoms with Gasteiger partial charge in [-0.1, -0.05) is 12.1 Å². The van der Waals surface area contributed by atoms with E-state index in [1.54, 1.807) is 0 Å². The fourth-order valence-electron chi connectivity index (χ4n) is 4.82. The largest absolute Gasteiger partial charge is 0.435 e. The zero-order chi connectivity index (χ0) is 25.5. The van der Waals surface area contributed by atoms with Crippen LogP contribution >= 0.6 is 0 Å². The van der Waals surface area contributed by atoms with E-state index in [0.29, 0.717) is 18.2 Å². The Balaban J connectivity index is 1.26. The van der Waals surface area contributed by atoms with Gasteiger partial charge >= 0.3 is 12.6 Å². The lowest BCUT2D eigenvalue weighted by atomic mass is 9.89. The highest BCUT2D eigenvalue weighted by Crippen LogP contribution is 2.25. The molecule has 2 amide bonds. The zero-order valence-electron chi connectivity index (χ0n) is 19.8. The maximum absolute atomic E-state index is 14.8. The molecular formula is C26H31F4N3O3. The number of halogens is 4. The Morgan fingerprint density at radius 1 is 1.06 bits per heavy atom. The van der Waals surface area contributed by atoms with Crippen molar-refractivity contribution >= 4 is 11.7 Å². The molecule has 2 aliphatic heterocycles. The molecular weight excluding hydrogens is 478 g/mol. The van der Waals surface area contributed by atoms with Crippen molar-refractivity contribution in [2.24, 2.45) is 5.92 Å². The Hall–Kier alpha value is -2.85. The van der Waals surface area contributed by atoms with Gasteiger partial charge in [0, 0.05) is 25.3 Å². The van der Waals surface area contributed by atoms with Crippen LogP contribution in [0.1, 0.15) is 24.8 Å². The predicted molar refractivity (Wildman–Crippen MR) is 128 cm³/mol. The van der Waals surface area contributed by atoms with E-state index in [9.17, 15) is 22.4 Å². The van der Waals surface area contributed by atoms with Crippen molar-refractivity contribution in [3.63, 3.8) is 0 Å². The lowest BCUT2D eigenvalue weighted by Crippen LogP contribution is -2.58. The van der Waals surface area contributed by atoms with Gasteiger partial charge in [0.1, 0.15) is 17.7 Å². The number of amides is 2. The first-order chi connectivity index (χ1) is 17.4. The number of piperidine rings is 1. The van der Waals surface area contributed by atoms with Gasteiger partial charge in [-0.15, -0.1) is 0 Å². The van der Waals surface area contributed by atoms with E-state index in [-0.39, 0.29) is 24.6 Å². The van der Waals surface area contributed by atoms with Crippen molar-refractivity contribution < 1.29 is 31.8 Å². The molecule has 0 aliphatic carbocycles. The van der Waals surface area contributed by atoms with Crippen LogP contribution in [-0.2, 0) is 11.2 Å². The summed E-state index contributed by atoms with van der Waals surface area (Å²) in [5.74, 6) is 0.244. The van der Waals surface area contributed by atoms with E-state index in [2.05, 4.69) is 20.3 Å². The van der Waals surface area contributed by atoms with Gasteiger partial charge in [-0.2, -0.15) is 8.78 Å². The van der Waals surface area contributed by atoms with Crippen LogP contribution < -0.4 is 15.4 Å². The number of hydrogen-bond acceptors (Lipinski definition) is 4. The molecule has 2 aliphatic rings. The first-order valence-electron chi connectivity index (χ1n) is 12.2. The van der Waals surface area contributed by atoms with Crippen LogP contribution in [0.4, 0.5) is 28.0 Å². The summed E-state index contributed by atoms with van der Waals surface area (Å²) in [6, 6.07) is 10.7. The summed E-state index contributed by atoms with van der Waals surface area (Å²) < 4.78 is 62.7. The summed E-state index contributed by atoms with van der Waals surface area (Å²) in [7, 11) is 0. The molecule has 2 N–H and O–H groups in total. The van der Waals surface area contributed by atoms with Crippen LogP contribution in [0, 0.1) is 11.7 Å². The van der Waals surface area contributed by atoms with Gasteiger partial charge in [-0.05, 0) is 80.2 Å². The number of carbonyl (C=O) groups excluding carboxylic acids is 1. The number of rotatable bonds is 8. The van der Waals surface area contributed by atoms with Crippen molar-refractivity contribution in [1.29, 1.82) is 0 Å². The summed E-state index contributed by atoms with van der Waals surface area (Å²) >= 11 is 0. The second-order valence-electron chi connectivity index (χ2n) is 9.32. The van der Waals surface area contributed by atoms with Crippen LogP contribution in [0.5, 0.6) is 5.75 Å². The smallest absolute Gasteiger partial charge is 0.387 e. The normalized spacial score (nSPS) is 23.4. The Morgan fingerprint density at radius 2 is 1.75 bits per heavy atom. The molecule has 2 aromatic carbocycles. The third-order valence-electron chi connectivity index (χ3n) is 6.73. The van der Waals surface area contributed by atoms with Crippen molar-refractivity contribution in [3.8, 4) is 5.75 Å². The van der Waals surface area contributed by atoms with E-state index in [1.807, 2.05) is 12.1 Å². The molecule has 10 heteroatoms. The first-order valence-corrected chi connectivity index (χ1v) is 12.2. The number of urea groups is 1. The van der Waals surface area contributed by atoms with E-state index >= 15 is 0 Å². The molecule has 6 nitrogen and oxygen atoms in total. The number of alkyl halides is 3. The number of hydrogen-bond donors (Lipinski definition) is 2. The second-order valence-corrected chi connectivity index (χ2v) is 9.32. The maximum Gasteiger partial charge on any atom is 0.387 e. The summed E-state index contributed by atoms with van der Waals surface area (Å²) in [5.41, 5.74) is 1.48. The van der Waals surface area contributed by atoms with Crippen molar-refractivity contribution in [2.45, 2.75) is 50.6 Å². The number of benzene rings is 2. The molecule has 0 bridgehead atoms. The minimum atomic E-state index is -2.93. The third-order valence-corrected chi connectivity index (χ3v) is 6.73. The van der Waals surface area contributed by atoms with Gasteiger partial charge in [0.2, 0.25) is 0 Å². The summed E-state index contributed by atoms with van der Waals surface area (Å²) in [4.78, 5) is 14.8. The quantitative estimate of drug-likeness (QED) is 0.492. The minimum absolute atomic E-state index is 0.0260. The average molecular weight is 510 g/mol. The van der Waals surface area contributed by atoms with Crippen molar-refractivity contribution in [3.05, 3.63) is 59.9 Å². The molecule has 2 heterocycles. The van der Waals surface area contributed by atoms with Crippen LogP contribution in [0.25, 0.3) is 0 Å². The van der Waals surface area contributed by atoms with Gasteiger partial charge in [0.25, 0.3) is 0 Å². The SMILES string of the molecule is O=C(Nc1ccc(OC(F)F)cc1)N[C@@H]1[C@H](F)CCO[C@@H]1CN1CCC(Cc2ccc(F)cc2)CC1. The molecule has 2 aromatic rings. The highest BCUT2D eigenvalue weighted by atomic mass is 19.3. The minimum Gasteiger partial charge on any atom is -0.435 e. The predicted octanol–water partition coefficient (Wildman–Crippen LogP) is 5.00. The van der Waals surface area contributed by atoms with E-state index in [1.165, 1.54) is 36.4 Å². The Morgan fingerprint density at radius 3 is 2.42 bits per heavy atom. The number of anilines is 1. The lowest BCUT2D eigenvalue weighted by molar-refractivity contribution is -0.0590. The number of carbonyl (C=O) groups is 1. The molecule has 0 unspecified atom stereocenters. The fraction of sp³-hybridized carbons (Fsp3) is 0.500. The highest BCUT2D eigenvalue weighted by molar-refractivity contribution is 5.89. The van der Waals surface area contributed by atoms with Crippen LogP contribution in [0.2, 0.25) is 0 Å². The monoisotopic (exact) mass is 509 g/mol. The second kappa shape index (κ2) is 12.4. The van der Waals surface area contributed by atoms with Gasteiger partial charge in [0.15, 0.2) is 0 Å². The number of ether oxygens (including phenoxy) is 2. The molecule has 0 saturated carbocycles. The number of nitrogens with one attached hydrogen (secondary N) is 2. The van der Waals surface area contributed by atoms with Gasteiger partial charge < -0.3 is 25.0 Å². The molecule has 0 radical (unpaired) electrons. The van der Waals surface area contributed by atoms with Gasteiger partial charge in [0.05, 0.1) is 12.1 Å². The van der Waals surface area contributed by atoms with Gasteiger partial charge in [-0.3, -0.25) is 0 Å². The molecule has 4 rings (SSSR count). The van der Waals surface area contributed by atoms with E-state index < -0.39 is 31.0 Å². The Labute approximate surface area is 207 Å². The molecule has 196 valence electrons. The maximum atomic E-state index is 14.8. The molecule has 2 saturated heterocycles. The van der Waals surface area contributed by atoms with Crippen LogP contribution in [0.3, 0.4) is 0 Å². The number of nitrogens with zero attached hydrogens (tertiary/aromatic N) is 1. The highest BCUT2D eigenvalue weighted by Gasteiger charge is 2.37. The standard InChI is InChI=1S/C26H31F4N3O3/c27-19-3-1-17(2-4-19)15-18-9-12-33(13-10-18)16-23-24(22(28)11-14-35-23)32-26(34)31-20-5-7-21(8-6-20)36-25(29)30/h1-8,18,22-25H,9-16H2,(H2,31,32,34)/t22-,23-,24-/m1/s1. The van der Waals surface area contributed by atoms with E-state index in [4.69, 9.17) is 4.74 Å². The molecule has 3 atom stereocenters. The summed E-state index contributed by atoms with van der Waals surface area (Å²) in [5, 5.41) is 5.29. The fourth-order valence-corrected chi connectivity index (χ4v) is 4.82. The van der Waals surface area contributed by atoms with Gasteiger partial charge in [-0.25, -0.2) is 13.6 Å². The molecule has 0 spiro atoms. The zero-order valence-corrected chi connectivity index (χ0v) is 19.8. The Bertz CT molecular complexity index is 969.